The Morgan fingerprint density at radius 3 is 3.00 bits per heavy atom. The molecule has 0 atom stereocenters. The lowest BCUT2D eigenvalue weighted by atomic mass is 10.2. The number of ether oxygens (including phenoxy) is 1. The lowest BCUT2D eigenvalue weighted by Gasteiger charge is -2.11. The SMILES string of the molecule is C=CCOc1cc(N)ccc1-n1ncnc1C. The number of hydrogen-bond donors (Lipinski definition) is 1. The van der Waals surface area contributed by atoms with Crippen LogP contribution in [0, 0.1) is 6.92 Å². The summed E-state index contributed by atoms with van der Waals surface area (Å²) in [7, 11) is 0. The molecular weight excluding hydrogens is 216 g/mol. The number of aromatic nitrogens is 3. The molecule has 0 aliphatic heterocycles. The van der Waals surface area contributed by atoms with Crippen molar-refractivity contribution in [3.8, 4) is 11.4 Å². The molecule has 17 heavy (non-hydrogen) atoms. The van der Waals surface area contributed by atoms with Crippen molar-refractivity contribution >= 4 is 5.69 Å². The van der Waals surface area contributed by atoms with Crippen LogP contribution >= 0.6 is 0 Å². The van der Waals surface area contributed by atoms with Gasteiger partial charge in [0, 0.05) is 11.8 Å². The fourth-order valence-electron chi connectivity index (χ4n) is 1.51. The van der Waals surface area contributed by atoms with Crippen LogP contribution in [-0.2, 0) is 0 Å². The Kier molecular flexibility index (Phi) is 3.09. The van der Waals surface area contributed by atoms with Gasteiger partial charge >= 0.3 is 0 Å². The van der Waals surface area contributed by atoms with Gasteiger partial charge in [0.05, 0.1) is 0 Å². The van der Waals surface area contributed by atoms with E-state index < -0.39 is 0 Å². The summed E-state index contributed by atoms with van der Waals surface area (Å²) in [4.78, 5) is 4.08. The van der Waals surface area contributed by atoms with Gasteiger partial charge in [-0.3, -0.25) is 0 Å². The maximum absolute atomic E-state index is 5.74. The monoisotopic (exact) mass is 230 g/mol. The van der Waals surface area contributed by atoms with E-state index in [-0.39, 0.29) is 0 Å². The molecule has 0 unspecified atom stereocenters. The number of nitrogens with zero attached hydrogens (tertiary/aromatic N) is 3. The first-order valence-corrected chi connectivity index (χ1v) is 5.22. The van der Waals surface area contributed by atoms with Crippen molar-refractivity contribution in [1.29, 1.82) is 0 Å². The molecule has 2 aromatic rings. The van der Waals surface area contributed by atoms with Crippen LogP contribution in [-0.4, -0.2) is 21.4 Å². The summed E-state index contributed by atoms with van der Waals surface area (Å²) in [5.41, 5.74) is 7.20. The van der Waals surface area contributed by atoms with E-state index in [4.69, 9.17) is 10.5 Å². The van der Waals surface area contributed by atoms with Gasteiger partial charge in [-0.15, -0.1) is 0 Å². The summed E-state index contributed by atoms with van der Waals surface area (Å²) in [5, 5.41) is 4.14. The molecule has 0 spiro atoms. The molecule has 2 rings (SSSR count). The van der Waals surface area contributed by atoms with E-state index in [1.54, 1.807) is 22.9 Å². The quantitative estimate of drug-likeness (QED) is 0.641. The van der Waals surface area contributed by atoms with Gasteiger partial charge in [0.1, 0.15) is 30.2 Å². The van der Waals surface area contributed by atoms with Crippen LogP contribution in [0.5, 0.6) is 5.75 Å². The first kappa shape index (κ1) is 11.2. The number of nitrogen functional groups attached to an aromatic ring is 1. The average Bonchev–Trinajstić information content (AvgIpc) is 2.73. The van der Waals surface area contributed by atoms with Crippen molar-refractivity contribution in [2.75, 3.05) is 12.3 Å². The Labute approximate surface area is 99.5 Å². The lowest BCUT2D eigenvalue weighted by molar-refractivity contribution is 0.361. The van der Waals surface area contributed by atoms with Crippen LogP contribution in [0.4, 0.5) is 5.69 Å². The fraction of sp³-hybridized carbons (Fsp3) is 0.167. The van der Waals surface area contributed by atoms with Crippen LogP contribution in [0.3, 0.4) is 0 Å². The predicted octanol–water partition coefficient (Wildman–Crippen LogP) is 1.72. The van der Waals surface area contributed by atoms with Crippen molar-refractivity contribution in [2.24, 2.45) is 0 Å². The zero-order valence-corrected chi connectivity index (χ0v) is 9.63. The summed E-state index contributed by atoms with van der Waals surface area (Å²) in [6.07, 6.45) is 3.18. The molecule has 0 saturated heterocycles. The highest BCUT2D eigenvalue weighted by Crippen LogP contribution is 2.25. The van der Waals surface area contributed by atoms with Gasteiger partial charge in [0.2, 0.25) is 0 Å². The Hall–Kier alpha value is -2.30. The zero-order chi connectivity index (χ0) is 12.3. The second kappa shape index (κ2) is 4.69. The summed E-state index contributed by atoms with van der Waals surface area (Å²) in [6, 6.07) is 5.42. The highest BCUT2D eigenvalue weighted by Gasteiger charge is 2.09. The Balaban J connectivity index is 2.45. The highest BCUT2D eigenvalue weighted by atomic mass is 16.5. The third-order valence-corrected chi connectivity index (χ3v) is 2.29. The number of nitrogens with two attached hydrogens (primary N) is 1. The standard InChI is InChI=1S/C12H14N4O/c1-3-6-17-12-7-10(13)4-5-11(12)16-9(2)14-8-15-16/h3-5,7-8H,1,6,13H2,2H3. The van der Waals surface area contributed by atoms with E-state index >= 15 is 0 Å². The van der Waals surface area contributed by atoms with Crippen LogP contribution in [0.15, 0.2) is 37.2 Å². The number of anilines is 1. The third kappa shape index (κ3) is 2.28. The third-order valence-electron chi connectivity index (χ3n) is 2.29. The van der Waals surface area contributed by atoms with Crippen molar-refractivity contribution < 1.29 is 4.74 Å². The van der Waals surface area contributed by atoms with Crippen molar-refractivity contribution in [2.45, 2.75) is 6.92 Å². The largest absolute Gasteiger partial charge is 0.487 e. The minimum atomic E-state index is 0.421. The first-order chi connectivity index (χ1) is 8.22. The molecule has 1 aromatic heterocycles. The molecule has 0 fully saturated rings. The van der Waals surface area contributed by atoms with Gasteiger partial charge in [-0.05, 0) is 19.1 Å². The number of rotatable bonds is 4. The van der Waals surface area contributed by atoms with Gasteiger partial charge < -0.3 is 10.5 Å². The normalized spacial score (nSPS) is 10.2. The first-order valence-electron chi connectivity index (χ1n) is 5.22. The number of hydrogen-bond acceptors (Lipinski definition) is 4. The van der Waals surface area contributed by atoms with E-state index in [1.807, 2.05) is 13.0 Å². The van der Waals surface area contributed by atoms with Crippen LogP contribution < -0.4 is 10.5 Å². The topological polar surface area (TPSA) is 66.0 Å². The van der Waals surface area contributed by atoms with Crippen molar-refractivity contribution in [3.05, 3.63) is 43.0 Å². The maximum atomic E-state index is 5.74. The molecule has 0 aliphatic rings. The molecule has 88 valence electrons. The summed E-state index contributed by atoms with van der Waals surface area (Å²) in [5.74, 6) is 1.46. The molecule has 5 nitrogen and oxygen atoms in total. The number of aryl methyl sites for hydroxylation is 1. The van der Waals surface area contributed by atoms with E-state index in [0.29, 0.717) is 18.0 Å². The Morgan fingerprint density at radius 1 is 1.53 bits per heavy atom. The predicted molar refractivity (Wildman–Crippen MR) is 66.2 cm³/mol. The molecule has 2 N–H and O–H groups in total. The minimum Gasteiger partial charge on any atom is -0.487 e. The molecule has 1 aromatic carbocycles. The zero-order valence-electron chi connectivity index (χ0n) is 9.63. The fourth-order valence-corrected chi connectivity index (χ4v) is 1.51. The van der Waals surface area contributed by atoms with Gasteiger partial charge in [-0.1, -0.05) is 12.7 Å². The smallest absolute Gasteiger partial charge is 0.147 e. The molecule has 0 bridgehead atoms. The Bertz CT molecular complexity index is 533. The van der Waals surface area contributed by atoms with E-state index in [0.717, 1.165) is 11.5 Å². The van der Waals surface area contributed by atoms with Crippen molar-refractivity contribution in [1.82, 2.24) is 14.8 Å². The van der Waals surface area contributed by atoms with Crippen LogP contribution in [0.25, 0.3) is 5.69 Å². The summed E-state index contributed by atoms with van der Waals surface area (Å²) >= 11 is 0. The molecular formula is C12H14N4O. The lowest BCUT2D eigenvalue weighted by Crippen LogP contribution is -2.04. The molecule has 0 aliphatic carbocycles. The van der Waals surface area contributed by atoms with Crippen LogP contribution in [0.1, 0.15) is 5.82 Å². The van der Waals surface area contributed by atoms with Gasteiger partial charge in [-0.2, -0.15) is 5.10 Å². The molecule has 0 saturated carbocycles. The van der Waals surface area contributed by atoms with E-state index in [1.165, 1.54) is 6.33 Å². The molecule has 1 heterocycles. The van der Waals surface area contributed by atoms with Gasteiger partial charge in [0.15, 0.2) is 0 Å². The summed E-state index contributed by atoms with van der Waals surface area (Å²) in [6.45, 7) is 5.91. The van der Waals surface area contributed by atoms with Gasteiger partial charge in [-0.25, -0.2) is 9.67 Å². The second-order valence-corrected chi connectivity index (χ2v) is 3.55. The van der Waals surface area contributed by atoms with Crippen molar-refractivity contribution in [3.63, 3.8) is 0 Å². The second-order valence-electron chi connectivity index (χ2n) is 3.55. The Morgan fingerprint density at radius 2 is 2.35 bits per heavy atom. The van der Waals surface area contributed by atoms with Crippen LogP contribution in [0.2, 0.25) is 0 Å². The summed E-state index contributed by atoms with van der Waals surface area (Å²) < 4.78 is 7.27. The molecule has 0 radical (unpaired) electrons. The molecule has 5 heteroatoms. The number of benzene rings is 1. The minimum absolute atomic E-state index is 0.421. The van der Waals surface area contributed by atoms with E-state index in [9.17, 15) is 0 Å². The maximum Gasteiger partial charge on any atom is 0.147 e. The molecule has 0 amide bonds. The van der Waals surface area contributed by atoms with Gasteiger partial charge in [0.25, 0.3) is 0 Å². The highest BCUT2D eigenvalue weighted by molar-refractivity contribution is 5.55. The average molecular weight is 230 g/mol. The van der Waals surface area contributed by atoms with E-state index in [2.05, 4.69) is 16.7 Å².